The summed E-state index contributed by atoms with van der Waals surface area (Å²) in [6, 6.07) is 11.9. The predicted molar refractivity (Wildman–Crippen MR) is 121 cm³/mol. The highest BCUT2D eigenvalue weighted by Crippen LogP contribution is 2.43. The summed E-state index contributed by atoms with van der Waals surface area (Å²) in [4.78, 5) is 16.5. The quantitative estimate of drug-likeness (QED) is 0.521. The average molecular weight is 425 g/mol. The maximum atomic E-state index is 12.7. The molecule has 5 nitrogen and oxygen atoms in total. The molecule has 4 rings (SSSR count). The number of aryl methyl sites for hydroxylation is 1. The summed E-state index contributed by atoms with van der Waals surface area (Å²) in [5.74, 6) is 0.990. The number of benzene rings is 1. The minimum Gasteiger partial charge on any atom is -0.494 e. The van der Waals surface area contributed by atoms with Crippen LogP contribution in [0.25, 0.3) is 0 Å². The number of nitrogens with one attached hydrogen (secondary N) is 1. The van der Waals surface area contributed by atoms with Crippen LogP contribution in [0.2, 0.25) is 0 Å². The first kappa shape index (κ1) is 20.7. The minimum absolute atomic E-state index is 0.0972. The maximum absolute atomic E-state index is 12.7. The van der Waals surface area contributed by atoms with Crippen LogP contribution in [0.5, 0.6) is 5.75 Å². The second kappa shape index (κ2) is 9.06. The number of thiophene rings is 1. The Morgan fingerprint density at radius 3 is 2.57 bits per heavy atom. The normalized spacial score (nSPS) is 15.3. The van der Waals surface area contributed by atoms with Gasteiger partial charge in [0.25, 0.3) is 5.91 Å². The molecule has 30 heavy (non-hydrogen) atoms. The fourth-order valence-corrected chi connectivity index (χ4v) is 5.20. The molecule has 0 bridgehead atoms. The van der Waals surface area contributed by atoms with E-state index in [1.54, 1.807) is 23.5 Å². The van der Waals surface area contributed by atoms with Crippen molar-refractivity contribution in [1.82, 2.24) is 4.90 Å². The van der Waals surface area contributed by atoms with E-state index in [0.29, 0.717) is 12.4 Å². The molecule has 3 aromatic rings. The van der Waals surface area contributed by atoms with Crippen LogP contribution in [-0.4, -0.2) is 30.5 Å². The van der Waals surface area contributed by atoms with Gasteiger partial charge in [-0.2, -0.15) is 0 Å². The molecule has 1 atom stereocenters. The van der Waals surface area contributed by atoms with Crippen LogP contribution in [0.4, 0.5) is 5.00 Å². The van der Waals surface area contributed by atoms with E-state index in [0.717, 1.165) is 23.8 Å². The van der Waals surface area contributed by atoms with Gasteiger partial charge in [0, 0.05) is 10.4 Å². The van der Waals surface area contributed by atoms with Crippen LogP contribution in [0.1, 0.15) is 57.9 Å². The topological polar surface area (TPSA) is 54.7 Å². The molecule has 1 N–H and O–H groups in total. The van der Waals surface area contributed by atoms with E-state index < -0.39 is 0 Å². The standard InChI is InChI=1S/C24H28N2O3S/c1-4-28-19-11-9-18(10-12-19)22(26-13-5-6-14-26)21-16(2)17(3)30-24(21)25-23(27)20-8-7-15-29-20/h7-12,15,22H,4-6,13-14H2,1-3H3,(H,25,27)/t22-/m1/s1. The smallest absolute Gasteiger partial charge is 0.291 e. The number of rotatable bonds is 7. The van der Waals surface area contributed by atoms with Crippen molar-refractivity contribution in [2.75, 3.05) is 25.0 Å². The summed E-state index contributed by atoms with van der Waals surface area (Å²) in [6.45, 7) is 9.02. The molecule has 1 aliphatic rings. The number of carbonyl (C=O) groups excluding carboxylic acids is 1. The van der Waals surface area contributed by atoms with Crippen molar-refractivity contribution in [3.8, 4) is 5.75 Å². The number of nitrogens with zero attached hydrogens (tertiary/aromatic N) is 1. The Morgan fingerprint density at radius 1 is 1.20 bits per heavy atom. The number of anilines is 1. The summed E-state index contributed by atoms with van der Waals surface area (Å²) < 4.78 is 10.9. The molecular weight excluding hydrogens is 396 g/mol. The summed E-state index contributed by atoms with van der Waals surface area (Å²) in [6.07, 6.45) is 3.92. The first-order chi connectivity index (χ1) is 14.6. The lowest BCUT2D eigenvalue weighted by Crippen LogP contribution is -2.27. The van der Waals surface area contributed by atoms with Gasteiger partial charge in [0.1, 0.15) is 10.8 Å². The molecule has 0 spiro atoms. The molecule has 0 saturated carbocycles. The van der Waals surface area contributed by atoms with E-state index in [9.17, 15) is 4.79 Å². The van der Waals surface area contributed by atoms with Crippen molar-refractivity contribution < 1.29 is 13.9 Å². The maximum Gasteiger partial charge on any atom is 0.291 e. The molecule has 0 unspecified atom stereocenters. The average Bonchev–Trinajstić information content (AvgIpc) is 3.49. The molecule has 1 saturated heterocycles. The van der Waals surface area contributed by atoms with E-state index in [-0.39, 0.29) is 11.9 Å². The Morgan fingerprint density at radius 2 is 1.93 bits per heavy atom. The third kappa shape index (κ3) is 4.16. The Kier molecular flexibility index (Phi) is 6.25. The number of carbonyl (C=O) groups is 1. The molecule has 3 heterocycles. The highest BCUT2D eigenvalue weighted by molar-refractivity contribution is 7.16. The van der Waals surface area contributed by atoms with E-state index >= 15 is 0 Å². The van der Waals surface area contributed by atoms with E-state index in [1.165, 1.54) is 40.7 Å². The fraction of sp³-hybridized carbons (Fsp3) is 0.375. The molecule has 1 aliphatic heterocycles. The molecule has 2 aromatic heterocycles. The van der Waals surface area contributed by atoms with Gasteiger partial charge in [-0.15, -0.1) is 11.3 Å². The monoisotopic (exact) mass is 424 g/mol. The van der Waals surface area contributed by atoms with Gasteiger partial charge < -0.3 is 14.5 Å². The summed E-state index contributed by atoms with van der Waals surface area (Å²) in [7, 11) is 0. The predicted octanol–water partition coefficient (Wildman–Crippen LogP) is 5.79. The molecule has 1 amide bonds. The Hall–Kier alpha value is -2.57. The van der Waals surface area contributed by atoms with Gasteiger partial charge in [-0.1, -0.05) is 12.1 Å². The van der Waals surface area contributed by atoms with E-state index in [1.807, 2.05) is 19.1 Å². The zero-order valence-electron chi connectivity index (χ0n) is 17.7. The van der Waals surface area contributed by atoms with Gasteiger partial charge in [0.05, 0.1) is 18.9 Å². The van der Waals surface area contributed by atoms with Crippen molar-refractivity contribution in [1.29, 1.82) is 0 Å². The summed E-state index contributed by atoms with van der Waals surface area (Å²) >= 11 is 1.63. The van der Waals surface area contributed by atoms with E-state index in [2.05, 4.69) is 36.2 Å². The van der Waals surface area contributed by atoms with Crippen LogP contribution in [0.15, 0.2) is 47.1 Å². The van der Waals surface area contributed by atoms with Gasteiger partial charge in [0.15, 0.2) is 5.76 Å². The number of amides is 1. The van der Waals surface area contributed by atoms with Crippen LogP contribution < -0.4 is 10.1 Å². The Labute approximate surface area is 181 Å². The number of furan rings is 1. The number of hydrogen-bond donors (Lipinski definition) is 1. The number of ether oxygens (including phenoxy) is 1. The van der Waals surface area contributed by atoms with Crippen molar-refractivity contribution in [2.24, 2.45) is 0 Å². The molecule has 6 heteroatoms. The zero-order valence-corrected chi connectivity index (χ0v) is 18.6. The van der Waals surface area contributed by atoms with Crippen LogP contribution in [-0.2, 0) is 0 Å². The Bertz CT molecular complexity index is 986. The lowest BCUT2D eigenvalue weighted by Gasteiger charge is -2.29. The summed E-state index contributed by atoms with van der Waals surface area (Å²) in [5.41, 5.74) is 3.64. The van der Waals surface area contributed by atoms with Crippen molar-refractivity contribution >= 4 is 22.2 Å². The second-order valence-electron chi connectivity index (χ2n) is 7.61. The zero-order chi connectivity index (χ0) is 21.1. The molecule has 1 aromatic carbocycles. The third-order valence-corrected chi connectivity index (χ3v) is 6.83. The van der Waals surface area contributed by atoms with Gasteiger partial charge in [-0.3, -0.25) is 9.69 Å². The SMILES string of the molecule is CCOc1ccc([C@H](c2c(NC(=O)c3ccco3)sc(C)c2C)N2CCCC2)cc1. The third-order valence-electron chi connectivity index (χ3n) is 5.69. The molecule has 158 valence electrons. The fourth-order valence-electron chi connectivity index (χ4n) is 4.11. The first-order valence-electron chi connectivity index (χ1n) is 10.5. The van der Waals surface area contributed by atoms with Gasteiger partial charge in [0.2, 0.25) is 0 Å². The van der Waals surface area contributed by atoms with Crippen LogP contribution in [0, 0.1) is 13.8 Å². The lowest BCUT2D eigenvalue weighted by atomic mass is 9.95. The van der Waals surface area contributed by atoms with Crippen LogP contribution in [0.3, 0.4) is 0 Å². The van der Waals surface area contributed by atoms with Crippen molar-refractivity contribution in [2.45, 2.75) is 39.7 Å². The number of likely N-dealkylation sites (tertiary alicyclic amines) is 1. The van der Waals surface area contributed by atoms with Crippen molar-refractivity contribution in [3.63, 3.8) is 0 Å². The molecule has 1 fully saturated rings. The van der Waals surface area contributed by atoms with Crippen molar-refractivity contribution in [3.05, 3.63) is 70.0 Å². The highest BCUT2D eigenvalue weighted by atomic mass is 32.1. The van der Waals surface area contributed by atoms with E-state index in [4.69, 9.17) is 9.15 Å². The van der Waals surface area contributed by atoms with Gasteiger partial charge in [-0.25, -0.2) is 0 Å². The number of hydrogen-bond acceptors (Lipinski definition) is 5. The second-order valence-corrected chi connectivity index (χ2v) is 8.83. The molecule has 0 aliphatic carbocycles. The Balaban J connectivity index is 1.74. The molecule has 0 radical (unpaired) electrons. The first-order valence-corrected chi connectivity index (χ1v) is 11.3. The highest BCUT2D eigenvalue weighted by Gasteiger charge is 2.31. The lowest BCUT2D eigenvalue weighted by molar-refractivity contribution is 0.0997. The molecular formula is C24H28N2O3S. The minimum atomic E-state index is -0.214. The van der Waals surface area contributed by atoms with Crippen LogP contribution >= 0.6 is 11.3 Å². The summed E-state index contributed by atoms with van der Waals surface area (Å²) in [5, 5.41) is 4.01. The largest absolute Gasteiger partial charge is 0.494 e. The van der Waals surface area contributed by atoms with Gasteiger partial charge >= 0.3 is 0 Å². The van der Waals surface area contributed by atoms with Gasteiger partial charge in [-0.05, 0) is 82.1 Å².